The van der Waals surface area contributed by atoms with Crippen molar-refractivity contribution in [3.05, 3.63) is 24.0 Å². The van der Waals surface area contributed by atoms with Crippen LogP contribution in [-0.4, -0.2) is 16.9 Å². The molecular formula is C13H17N3O. The van der Waals surface area contributed by atoms with Crippen LogP contribution >= 0.6 is 0 Å². The van der Waals surface area contributed by atoms with Gasteiger partial charge in [0.25, 0.3) is 0 Å². The van der Waals surface area contributed by atoms with Gasteiger partial charge in [-0.05, 0) is 37.8 Å². The number of nitriles is 1. The zero-order valence-electron chi connectivity index (χ0n) is 9.78. The number of nitrogens with one attached hydrogen (secondary N) is 2. The number of aromatic amines is 1. The Morgan fingerprint density at radius 2 is 2.24 bits per heavy atom. The van der Waals surface area contributed by atoms with E-state index in [0.29, 0.717) is 6.42 Å². The fraction of sp³-hybridized carbons (Fsp3) is 0.538. The van der Waals surface area contributed by atoms with Crippen LogP contribution in [-0.2, 0) is 11.2 Å². The van der Waals surface area contributed by atoms with Crippen LogP contribution in [0.2, 0.25) is 0 Å². The number of hydrogen-bond acceptors (Lipinski definition) is 2. The Balaban J connectivity index is 1.75. The number of hydrogen-bond donors (Lipinski definition) is 2. The van der Waals surface area contributed by atoms with Gasteiger partial charge in [-0.1, -0.05) is 0 Å². The summed E-state index contributed by atoms with van der Waals surface area (Å²) in [6.07, 6.45) is 5.89. The zero-order chi connectivity index (χ0) is 12.1. The first-order chi connectivity index (χ1) is 8.28. The molecule has 1 aromatic rings. The van der Waals surface area contributed by atoms with Gasteiger partial charge in [-0.3, -0.25) is 4.79 Å². The maximum atomic E-state index is 11.7. The van der Waals surface area contributed by atoms with Gasteiger partial charge >= 0.3 is 0 Å². The number of aromatic nitrogens is 1. The van der Waals surface area contributed by atoms with Gasteiger partial charge in [0, 0.05) is 23.9 Å². The summed E-state index contributed by atoms with van der Waals surface area (Å²) in [5.41, 5.74) is 0.938. The molecule has 0 bridgehead atoms. The van der Waals surface area contributed by atoms with Gasteiger partial charge in [0.2, 0.25) is 5.91 Å². The van der Waals surface area contributed by atoms with Crippen molar-refractivity contribution in [2.75, 3.05) is 0 Å². The maximum absolute atomic E-state index is 11.7. The molecule has 1 amide bonds. The van der Waals surface area contributed by atoms with E-state index in [4.69, 9.17) is 5.26 Å². The quantitative estimate of drug-likeness (QED) is 0.832. The molecule has 1 aliphatic carbocycles. The van der Waals surface area contributed by atoms with Crippen molar-refractivity contribution in [1.29, 1.82) is 5.26 Å². The molecule has 2 rings (SSSR count). The third kappa shape index (κ3) is 3.35. The van der Waals surface area contributed by atoms with E-state index in [1.807, 2.05) is 18.3 Å². The van der Waals surface area contributed by atoms with Gasteiger partial charge in [-0.15, -0.1) is 0 Å². The highest BCUT2D eigenvalue weighted by Gasteiger charge is 2.21. The fourth-order valence-electron chi connectivity index (χ4n) is 2.30. The number of H-pyrrole nitrogens is 1. The number of rotatable bonds is 3. The monoisotopic (exact) mass is 231 g/mol. The lowest BCUT2D eigenvalue weighted by Gasteiger charge is -2.25. The average Bonchev–Trinajstić information content (AvgIpc) is 2.82. The van der Waals surface area contributed by atoms with E-state index in [2.05, 4.69) is 16.4 Å². The molecule has 4 heteroatoms. The van der Waals surface area contributed by atoms with Crippen LogP contribution in [0.3, 0.4) is 0 Å². The van der Waals surface area contributed by atoms with Gasteiger partial charge in [-0.2, -0.15) is 5.26 Å². The van der Waals surface area contributed by atoms with Gasteiger partial charge < -0.3 is 10.3 Å². The highest BCUT2D eigenvalue weighted by Crippen LogP contribution is 2.23. The third-order valence-corrected chi connectivity index (χ3v) is 3.29. The van der Waals surface area contributed by atoms with Crippen LogP contribution in [0.15, 0.2) is 18.3 Å². The second-order valence-electron chi connectivity index (χ2n) is 4.62. The molecule has 1 heterocycles. The highest BCUT2D eigenvalue weighted by atomic mass is 16.1. The van der Waals surface area contributed by atoms with Crippen LogP contribution in [0.5, 0.6) is 0 Å². The predicted molar refractivity (Wildman–Crippen MR) is 64.0 cm³/mol. The molecule has 1 aliphatic rings. The smallest absolute Gasteiger partial charge is 0.226 e. The van der Waals surface area contributed by atoms with Gasteiger partial charge in [0.05, 0.1) is 12.5 Å². The molecule has 0 unspecified atom stereocenters. The molecule has 0 radical (unpaired) electrons. The van der Waals surface area contributed by atoms with Gasteiger partial charge in [0.1, 0.15) is 0 Å². The largest absolute Gasteiger partial charge is 0.365 e. The number of carbonyl (C=O) groups is 1. The van der Waals surface area contributed by atoms with Crippen molar-refractivity contribution in [3.8, 4) is 6.07 Å². The Labute approximate surface area is 101 Å². The summed E-state index contributed by atoms with van der Waals surface area (Å²) in [5, 5.41) is 11.8. The molecule has 90 valence electrons. The molecule has 4 nitrogen and oxygen atoms in total. The Kier molecular flexibility index (Phi) is 3.81. The van der Waals surface area contributed by atoms with E-state index in [-0.39, 0.29) is 17.9 Å². The minimum atomic E-state index is 0.0628. The van der Waals surface area contributed by atoms with E-state index < -0.39 is 0 Å². The van der Waals surface area contributed by atoms with E-state index in [1.54, 1.807) is 0 Å². The average molecular weight is 231 g/mol. The molecular weight excluding hydrogens is 214 g/mol. The summed E-state index contributed by atoms with van der Waals surface area (Å²) in [4.78, 5) is 14.8. The molecule has 0 saturated heterocycles. The molecule has 17 heavy (non-hydrogen) atoms. The van der Waals surface area contributed by atoms with Crippen molar-refractivity contribution in [3.63, 3.8) is 0 Å². The lowest BCUT2D eigenvalue weighted by Crippen LogP contribution is -2.38. The molecule has 1 saturated carbocycles. The van der Waals surface area contributed by atoms with E-state index >= 15 is 0 Å². The first-order valence-electron chi connectivity index (χ1n) is 6.09. The molecule has 0 aliphatic heterocycles. The Hall–Kier alpha value is -1.76. The molecule has 0 aromatic carbocycles. The Bertz CT molecular complexity index is 397. The van der Waals surface area contributed by atoms with Crippen LogP contribution in [0.1, 0.15) is 31.4 Å². The SMILES string of the molecule is N#CC1CCC(NC(=O)Cc2ccc[nH]2)CC1. The van der Waals surface area contributed by atoms with Crippen molar-refractivity contribution in [2.45, 2.75) is 38.1 Å². The van der Waals surface area contributed by atoms with Crippen molar-refractivity contribution in [2.24, 2.45) is 5.92 Å². The minimum Gasteiger partial charge on any atom is -0.365 e. The molecule has 1 fully saturated rings. The van der Waals surface area contributed by atoms with Crippen LogP contribution in [0, 0.1) is 17.2 Å². The summed E-state index contributed by atoms with van der Waals surface area (Å²) in [6, 6.07) is 6.35. The first kappa shape index (κ1) is 11.7. The normalized spacial score (nSPS) is 23.9. The van der Waals surface area contributed by atoms with E-state index in [1.165, 1.54) is 0 Å². The topological polar surface area (TPSA) is 68.7 Å². The molecule has 0 atom stereocenters. The number of nitrogens with zero attached hydrogens (tertiary/aromatic N) is 1. The number of amides is 1. The standard InChI is InChI=1S/C13H17N3O/c14-9-10-3-5-11(6-4-10)16-13(17)8-12-2-1-7-15-12/h1-2,7,10-11,15H,3-6,8H2,(H,16,17). The summed E-state index contributed by atoms with van der Waals surface area (Å²) in [5.74, 6) is 0.249. The van der Waals surface area contributed by atoms with Crippen LogP contribution in [0.4, 0.5) is 0 Å². The van der Waals surface area contributed by atoms with Crippen LogP contribution in [0.25, 0.3) is 0 Å². The minimum absolute atomic E-state index is 0.0628. The summed E-state index contributed by atoms with van der Waals surface area (Å²) in [7, 11) is 0. The van der Waals surface area contributed by atoms with Crippen molar-refractivity contribution >= 4 is 5.91 Å². The molecule has 1 aromatic heterocycles. The van der Waals surface area contributed by atoms with E-state index in [9.17, 15) is 4.79 Å². The Morgan fingerprint density at radius 3 is 2.82 bits per heavy atom. The maximum Gasteiger partial charge on any atom is 0.226 e. The van der Waals surface area contributed by atoms with E-state index in [0.717, 1.165) is 31.4 Å². The lowest BCUT2D eigenvalue weighted by atomic mass is 9.87. The second kappa shape index (κ2) is 5.53. The first-order valence-corrected chi connectivity index (χ1v) is 6.09. The Morgan fingerprint density at radius 1 is 1.47 bits per heavy atom. The lowest BCUT2D eigenvalue weighted by molar-refractivity contribution is -0.121. The van der Waals surface area contributed by atoms with Gasteiger partial charge in [0.15, 0.2) is 0 Å². The molecule has 2 N–H and O–H groups in total. The number of carbonyl (C=O) groups excluding carboxylic acids is 1. The van der Waals surface area contributed by atoms with Crippen molar-refractivity contribution < 1.29 is 4.79 Å². The van der Waals surface area contributed by atoms with Crippen molar-refractivity contribution in [1.82, 2.24) is 10.3 Å². The van der Waals surface area contributed by atoms with Crippen LogP contribution < -0.4 is 5.32 Å². The zero-order valence-corrected chi connectivity index (χ0v) is 9.78. The predicted octanol–water partition coefficient (Wildman–Crippen LogP) is 1.76. The second-order valence-corrected chi connectivity index (χ2v) is 4.62. The fourth-order valence-corrected chi connectivity index (χ4v) is 2.30. The summed E-state index contributed by atoms with van der Waals surface area (Å²) in [6.45, 7) is 0. The highest BCUT2D eigenvalue weighted by molar-refractivity contribution is 5.78. The summed E-state index contributed by atoms with van der Waals surface area (Å²) >= 11 is 0. The summed E-state index contributed by atoms with van der Waals surface area (Å²) < 4.78 is 0. The molecule has 0 spiro atoms. The van der Waals surface area contributed by atoms with Gasteiger partial charge in [-0.25, -0.2) is 0 Å². The third-order valence-electron chi connectivity index (χ3n) is 3.29.